The monoisotopic (exact) mass is 298 g/mol. The highest BCUT2D eigenvalue weighted by Gasteiger charge is 2.30. The molecule has 2 rings (SSSR count). The number of benzene rings is 1. The molecule has 0 aliphatic carbocycles. The first kappa shape index (κ1) is 15.3. The van der Waals surface area contributed by atoms with Crippen LogP contribution in [0.4, 0.5) is 5.69 Å². The Bertz CT molecular complexity index is 575. The summed E-state index contributed by atoms with van der Waals surface area (Å²) in [5, 5.41) is 0. The van der Waals surface area contributed by atoms with Crippen molar-refractivity contribution in [1.82, 2.24) is 4.31 Å². The molecule has 1 unspecified atom stereocenters. The minimum Gasteiger partial charge on any atom is -0.398 e. The summed E-state index contributed by atoms with van der Waals surface area (Å²) in [5.74, 6) is 0. The predicted octanol–water partition coefficient (Wildman–Crippen LogP) is 1.69. The summed E-state index contributed by atoms with van der Waals surface area (Å²) >= 11 is 0. The zero-order valence-electron chi connectivity index (χ0n) is 12.2. The Morgan fingerprint density at radius 3 is 2.70 bits per heavy atom. The number of sulfonamides is 1. The SMILES string of the molecule is CCC1CN(S(=O)(=O)c2cc(C)c(C)c(N)c2)CCO1. The normalized spacial score (nSPS) is 21.1. The van der Waals surface area contributed by atoms with Crippen LogP contribution in [0.25, 0.3) is 0 Å². The maximum absolute atomic E-state index is 12.7. The minimum absolute atomic E-state index is 0.0255. The van der Waals surface area contributed by atoms with Gasteiger partial charge in [-0.25, -0.2) is 8.42 Å². The first-order valence-corrected chi connectivity index (χ1v) is 8.28. The van der Waals surface area contributed by atoms with E-state index in [0.717, 1.165) is 17.5 Å². The molecule has 6 heteroatoms. The van der Waals surface area contributed by atoms with Crippen LogP contribution in [-0.2, 0) is 14.8 Å². The Balaban J connectivity index is 2.35. The molecule has 0 aromatic heterocycles. The van der Waals surface area contributed by atoms with E-state index in [1.165, 1.54) is 4.31 Å². The molecule has 0 saturated carbocycles. The molecule has 112 valence electrons. The third-order valence-electron chi connectivity index (χ3n) is 3.88. The molecule has 1 aliphatic heterocycles. The maximum atomic E-state index is 12.7. The number of nitrogen functional groups attached to an aromatic ring is 1. The lowest BCUT2D eigenvalue weighted by atomic mass is 10.1. The fraction of sp³-hybridized carbons (Fsp3) is 0.571. The van der Waals surface area contributed by atoms with Crippen LogP contribution in [0, 0.1) is 13.8 Å². The molecule has 20 heavy (non-hydrogen) atoms. The summed E-state index contributed by atoms with van der Waals surface area (Å²) in [7, 11) is -3.49. The van der Waals surface area contributed by atoms with Gasteiger partial charge in [-0.15, -0.1) is 0 Å². The van der Waals surface area contributed by atoms with Crippen LogP contribution in [0.1, 0.15) is 24.5 Å². The summed E-state index contributed by atoms with van der Waals surface area (Å²) in [6.07, 6.45) is 0.781. The van der Waals surface area contributed by atoms with Crippen molar-refractivity contribution in [1.29, 1.82) is 0 Å². The lowest BCUT2D eigenvalue weighted by molar-refractivity contribution is -0.00277. The maximum Gasteiger partial charge on any atom is 0.243 e. The fourth-order valence-corrected chi connectivity index (χ4v) is 3.89. The number of hydrogen-bond donors (Lipinski definition) is 1. The van der Waals surface area contributed by atoms with Crippen molar-refractivity contribution in [3.8, 4) is 0 Å². The zero-order valence-corrected chi connectivity index (χ0v) is 13.0. The van der Waals surface area contributed by atoms with Crippen LogP contribution < -0.4 is 5.73 Å². The van der Waals surface area contributed by atoms with Crippen molar-refractivity contribution in [2.45, 2.75) is 38.2 Å². The van der Waals surface area contributed by atoms with Gasteiger partial charge in [0.25, 0.3) is 0 Å². The molecule has 1 saturated heterocycles. The molecule has 2 N–H and O–H groups in total. The summed E-state index contributed by atoms with van der Waals surface area (Å²) in [6, 6.07) is 3.24. The smallest absolute Gasteiger partial charge is 0.243 e. The number of ether oxygens (including phenoxy) is 1. The van der Waals surface area contributed by atoms with Crippen molar-refractivity contribution < 1.29 is 13.2 Å². The van der Waals surface area contributed by atoms with Crippen LogP contribution >= 0.6 is 0 Å². The summed E-state index contributed by atoms with van der Waals surface area (Å²) in [4.78, 5) is 0.273. The van der Waals surface area contributed by atoms with Crippen molar-refractivity contribution >= 4 is 15.7 Å². The number of rotatable bonds is 3. The molecule has 1 atom stereocenters. The second-order valence-corrected chi connectivity index (χ2v) is 7.16. The largest absolute Gasteiger partial charge is 0.398 e. The number of nitrogens with zero attached hydrogens (tertiary/aromatic N) is 1. The van der Waals surface area contributed by atoms with Crippen LogP contribution in [0.5, 0.6) is 0 Å². The van der Waals surface area contributed by atoms with E-state index in [9.17, 15) is 8.42 Å². The Morgan fingerprint density at radius 2 is 2.10 bits per heavy atom. The number of nitrogens with two attached hydrogens (primary N) is 1. The highest BCUT2D eigenvalue weighted by Crippen LogP contribution is 2.25. The van der Waals surface area contributed by atoms with E-state index in [0.29, 0.717) is 25.4 Å². The van der Waals surface area contributed by atoms with Gasteiger partial charge in [0.1, 0.15) is 0 Å². The Morgan fingerprint density at radius 1 is 1.40 bits per heavy atom. The molecule has 0 radical (unpaired) electrons. The van der Waals surface area contributed by atoms with Crippen molar-refractivity contribution in [3.63, 3.8) is 0 Å². The van der Waals surface area contributed by atoms with Gasteiger partial charge in [-0.2, -0.15) is 4.31 Å². The highest BCUT2D eigenvalue weighted by molar-refractivity contribution is 7.89. The van der Waals surface area contributed by atoms with Gasteiger partial charge in [-0.3, -0.25) is 0 Å². The van der Waals surface area contributed by atoms with Crippen LogP contribution in [0.15, 0.2) is 17.0 Å². The first-order valence-electron chi connectivity index (χ1n) is 6.84. The Labute approximate surface area is 120 Å². The standard InChI is InChI=1S/C14H22N2O3S/c1-4-12-9-16(5-6-19-12)20(17,18)13-7-10(2)11(3)14(15)8-13/h7-8,12H,4-6,9,15H2,1-3H3. The topological polar surface area (TPSA) is 72.6 Å². The van der Waals surface area contributed by atoms with Crippen molar-refractivity contribution in [2.75, 3.05) is 25.4 Å². The van der Waals surface area contributed by atoms with E-state index in [1.54, 1.807) is 12.1 Å². The fourth-order valence-electron chi connectivity index (χ4n) is 2.31. The highest BCUT2D eigenvalue weighted by atomic mass is 32.2. The first-order chi connectivity index (χ1) is 9.36. The number of morpholine rings is 1. The molecule has 1 heterocycles. The van der Waals surface area contributed by atoms with Gasteiger partial charge < -0.3 is 10.5 Å². The molecular weight excluding hydrogens is 276 g/mol. The molecule has 1 aromatic rings. The van der Waals surface area contributed by atoms with Crippen molar-refractivity contribution in [3.05, 3.63) is 23.3 Å². The molecular formula is C14H22N2O3S. The molecule has 1 aliphatic rings. The van der Waals surface area contributed by atoms with Gasteiger partial charge in [-0.1, -0.05) is 6.92 Å². The van der Waals surface area contributed by atoms with Gasteiger partial charge in [0.05, 0.1) is 17.6 Å². The van der Waals surface area contributed by atoms with E-state index in [-0.39, 0.29) is 11.0 Å². The molecule has 5 nitrogen and oxygen atoms in total. The average Bonchev–Trinajstić information content (AvgIpc) is 2.44. The van der Waals surface area contributed by atoms with E-state index >= 15 is 0 Å². The Kier molecular flexibility index (Phi) is 4.36. The molecule has 0 spiro atoms. The van der Waals surface area contributed by atoms with Crippen LogP contribution in [0.3, 0.4) is 0 Å². The zero-order chi connectivity index (χ0) is 14.9. The van der Waals surface area contributed by atoms with E-state index < -0.39 is 10.0 Å². The second kappa shape index (κ2) is 5.71. The quantitative estimate of drug-likeness (QED) is 0.862. The van der Waals surface area contributed by atoms with Crippen LogP contribution in [0.2, 0.25) is 0 Å². The molecule has 1 aromatic carbocycles. The number of anilines is 1. The lowest BCUT2D eigenvalue weighted by Crippen LogP contribution is -2.45. The summed E-state index contributed by atoms with van der Waals surface area (Å²) in [5.41, 5.74) is 8.23. The van der Waals surface area contributed by atoms with Gasteiger partial charge in [0.2, 0.25) is 10.0 Å². The summed E-state index contributed by atoms with van der Waals surface area (Å²) < 4.78 is 32.4. The van der Waals surface area contributed by atoms with Gasteiger partial charge in [-0.05, 0) is 43.5 Å². The van der Waals surface area contributed by atoms with Crippen LogP contribution in [-0.4, -0.2) is 38.5 Å². The average molecular weight is 298 g/mol. The second-order valence-electron chi connectivity index (χ2n) is 5.22. The summed E-state index contributed by atoms with van der Waals surface area (Å²) in [6.45, 7) is 7.01. The number of hydrogen-bond acceptors (Lipinski definition) is 4. The molecule has 1 fully saturated rings. The van der Waals surface area contributed by atoms with E-state index in [1.807, 2.05) is 20.8 Å². The van der Waals surface area contributed by atoms with E-state index in [4.69, 9.17) is 10.5 Å². The van der Waals surface area contributed by atoms with E-state index in [2.05, 4.69) is 0 Å². The third-order valence-corrected chi connectivity index (χ3v) is 5.72. The lowest BCUT2D eigenvalue weighted by Gasteiger charge is -2.31. The predicted molar refractivity (Wildman–Crippen MR) is 79.1 cm³/mol. The van der Waals surface area contributed by atoms with Gasteiger partial charge in [0.15, 0.2) is 0 Å². The van der Waals surface area contributed by atoms with Gasteiger partial charge >= 0.3 is 0 Å². The Hall–Kier alpha value is -1.11. The number of aryl methyl sites for hydroxylation is 1. The third kappa shape index (κ3) is 2.82. The molecule has 0 bridgehead atoms. The molecule has 0 amide bonds. The van der Waals surface area contributed by atoms with Gasteiger partial charge in [0, 0.05) is 18.8 Å². The minimum atomic E-state index is -3.49. The van der Waals surface area contributed by atoms with Crippen molar-refractivity contribution in [2.24, 2.45) is 0 Å².